The molecule has 0 spiro atoms. The fourth-order valence-corrected chi connectivity index (χ4v) is 1.46. The molecule has 2 heterocycles. The zero-order valence-corrected chi connectivity index (χ0v) is 9.59. The van der Waals surface area contributed by atoms with Crippen molar-refractivity contribution in [3.63, 3.8) is 0 Å². The lowest BCUT2D eigenvalue weighted by molar-refractivity contribution is 0.788. The average Bonchev–Trinajstić information content (AvgIpc) is 2.76. The smallest absolute Gasteiger partial charge is 0.160 e. The molecule has 0 fully saturated rings. The second-order valence-corrected chi connectivity index (χ2v) is 3.57. The van der Waals surface area contributed by atoms with Gasteiger partial charge in [0.15, 0.2) is 5.82 Å². The number of nitrogens with two attached hydrogens (primary N) is 1. The Morgan fingerprint density at radius 1 is 1.35 bits per heavy atom. The number of anilines is 2. The van der Waals surface area contributed by atoms with Crippen LogP contribution in [0.25, 0.3) is 0 Å². The topological polar surface area (TPSA) is 93.7 Å². The molecule has 0 bridgehead atoms. The molecule has 0 atom stereocenters. The van der Waals surface area contributed by atoms with Gasteiger partial charge in [-0.1, -0.05) is 0 Å². The van der Waals surface area contributed by atoms with Crippen LogP contribution >= 0.6 is 0 Å². The minimum Gasteiger partial charge on any atom is -0.368 e. The van der Waals surface area contributed by atoms with E-state index in [1.54, 1.807) is 18.6 Å². The van der Waals surface area contributed by atoms with Crippen molar-refractivity contribution in [2.24, 2.45) is 12.9 Å². The third-order valence-corrected chi connectivity index (χ3v) is 2.36. The summed E-state index contributed by atoms with van der Waals surface area (Å²) >= 11 is 0. The fourth-order valence-electron chi connectivity index (χ4n) is 1.46. The highest BCUT2D eigenvalue weighted by molar-refractivity contribution is 5.40. The van der Waals surface area contributed by atoms with E-state index >= 15 is 0 Å². The summed E-state index contributed by atoms with van der Waals surface area (Å²) in [5, 5.41) is 3.16. The summed E-state index contributed by atoms with van der Waals surface area (Å²) in [6.07, 6.45) is 7.75. The number of rotatable bonds is 5. The van der Waals surface area contributed by atoms with Crippen molar-refractivity contribution in [3.8, 4) is 0 Å². The van der Waals surface area contributed by atoms with Gasteiger partial charge in [0.2, 0.25) is 0 Å². The molecular formula is C10H15N7. The molecule has 90 valence electrons. The number of hydrogen-bond acceptors (Lipinski definition) is 6. The highest BCUT2D eigenvalue weighted by Gasteiger charge is 2.00. The molecular weight excluding hydrogens is 218 g/mol. The van der Waals surface area contributed by atoms with E-state index < -0.39 is 0 Å². The van der Waals surface area contributed by atoms with Crippen molar-refractivity contribution in [3.05, 3.63) is 30.6 Å². The third-order valence-electron chi connectivity index (χ3n) is 2.36. The van der Waals surface area contributed by atoms with Crippen LogP contribution in [0, 0.1) is 0 Å². The Balaban J connectivity index is 1.87. The number of hydrazine groups is 1. The second kappa shape index (κ2) is 5.26. The maximum Gasteiger partial charge on any atom is 0.160 e. The Morgan fingerprint density at radius 3 is 2.88 bits per heavy atom. The van der Waals surface area contributed by atoms with E-state index in [0.29, 0.717) is 11.6 Å². The molecule has 17 heavy (non-hydrogen) atoms. The Hall–Kier alpha value is -2.15. The summed E-state index contributed by atoms with van der Waals surface area (Å²) in [5.74, 6) is 7.50. The van der Waals surface area contributed by atoms with Gasteiger partial charge in [-0.15, -0.1) is 0 Å². The Kier molecular flexibility index (Phi) is 3.51. The van der Waals surface area contributed by atoms with Crippen LogP contribution in [-0.2, 0) is 13.5 Å². The minimum absolute atomic E-state index is 0.534. The van der Waals surface area contributed by atoms with E-state index in [-0.39, 0.29) is 0 Å². The van der Waals surface area contributed by atoms with Gasteiger partial charge in [-0.3, -0.25) is 4.98 Å². The molecule has 0 aromatic carbocycles. The van der Waals surface area contributed by atoms with E-state index in [0.717, 1.165) is 18.8 Å². The number of aromatic nitrogens is 4. The zero-order chi connectivity index (χ0) is 12.1. The SMILES string of the molecule is Cn1ccnc1CCNc1cncc(NN)n1. The Bertz CT molecular complexity index is 479. The standard InChI is InChI=1S/C10H15N7/c1-17-5-4-14-10(17)2-3-13-8-6-12-7-9(15-8)16-11/h4-7H,2-3,11H2,1H3,(H2,13,15,16). The van der Waals surface area contributed by atoms with Gasteiger partial charge in [0, 0.05) is 32.4 Å². The molecule has 2 aromatic rings. The number of hydrogen-bond donors (Lipinski definition) is 3. The first-order valence-corrected chi connectivity index (χ1v) is 5.28. The molecule has 0 amide bonds. The monoisotopic (exact) mass is 233 g/mol. The predicted octanol–water partition coefficient (Wildman–Crippen LogP) is 0.150. The molecule has 0 radical (unpaired) electrons. The van der Waals surface area contributed by atoms with Crippen molar-refractivity contribution >= 4 is 11.6 Å². The first-order chi connectivity index (χ1) is 8.29. The summed E-state index contributed by atoms with van der Waals surface area (Å²) in [7, 11) is 1.97. The lowest BCUT2D eigenvalue weighted by Gasteiger charge is -2.06. The van der Waals surface area contributed by atoms with E-state index in [1.807, 2.05) is 17.8 Å². The van der Waals surface area contributed by atoms with Crippen LogP contribution in [0.1, 0.15) is 5.82 Å². The quantitative estimate of drug-likeness (QED) is 0.503. The van der Waals surface area contributed by atoms with Gasteiger partial charge < -0.3 is 15.3 Å². The third kappa shape index (κ3) is 2.91. The molecule has 7 nitrogen and oxygen atoms in total. The first-order valence-electron chi connectivity index (χ1n) is 5.28. The van der Waals surface area contributed by atoms with Crippen LogP contribution in [0.3, 0.4) is 0 Å². The Labute approximate surface area is 99.1 Å². The second-order valence-electron chi connectivity index (χ2n) is 3.57. The highest BCUT2D eigenvalue weighted by atomic mass is 15.3. The summed E-state index contributed by atoms with van der Waals surface area (Å²) in [6.45, 7) is 0.744. The molecule has 4 N–H and O–H groups in total. The van der Waals surface area contributed by atoms with Crippen molar-refractivity contribution in [2.45, 2.75) is 6.42 Å². The van der Waals surface area contributed by atoms with Crippen LogP contribution in [0.2, 0.25) is 0 Å². The average molecular weight is 233 g/mol. The van der Waals surface area contributed by atoms with E-state index in [1.165, 1.54) is 0 Å². The van der Waals surface area contributed by atoms with Crippen molar-refractivity contribution in [2.75, 3.05) is 17.3 Å². The lowest BCUT2D eigenvalue weighted by atomic mass is 10.4. The molecule has 0 saturated carbocycles. The van der Waals surface area contributed by atoms with Gasteiger partial charge in [0.05, 0.1) is 12.4 Å². The number of aryl methyl sites for hydroxylation is 1. The van der Waals surface area contributed by atoms with Gasteiger partial charge >= 0.3 is 0 Å². The van der Waals surface area contributed by atoms with Crippen LogP contribution in [0.4, 0.5) is 11.6 Å². The van der Waals surface area contributed by atoms with Gasteiger partial charge in [-0.25, -0.2) is 15.8 Å². The largest absolute Gasteiger partial charge is 0.368 e. The maximum atomic E-state index is 5.25. The van der Waals surface area contributed by atoms with Gasteiger partial charge in [0.25, 0.3) is 0 Å². The predicted molar refractivity (Wildman–Crippen MR) is 65.2 cm³/mol. The first kappa shape index (κ1) is 11.3. The molecule has 7 heteroatoms. The van der Waals surface area contributed by atoms with Crippen LogP contribution in [0.15, 0.2) is 24.8 Å². The van der Waals surface area contributed by atoms with Crippen molar-refractivity contribution in [1.82, 2.24) is 19.5 Å². The minimum atomic E-state index is 0.534. The van der Waals surface area contributed by atoms with E-state index in [9.17, 15) is 0 Å². The lowest BCUT2D eigenvalue weighted by Crippen LogP contribution is -2.12. The van der Waals surface area contributed by atoms with Crippen LogP contribution in [0.5, 0.6) is 0 Å². The Morgan fingerprint density at radius 2 is 2.18 bits per heavy atom. The number of imidazole rings is 1. The molecule has 2 aromatic heterocycles. The summed E-state index contributed by atoms with van der Waals surface area (Å²) < 4.78 is 1.99. The van der Waals surface area contributed by atoms with E-state index in [2.05, 4.69) is 25.7 Å². The van der Waals surface area contributed by atoms with Gasteiger partial charge in [-0.05, 0) is 0 Å². The molecule has 0 aliphatic rings. The molecule has 2 rings (SSSR count). The van der Waals surface area contributed by atoms with Crippen molar-refractivity contribution in [1.29, 1.82) is 0 Å². The van der Waals surface area contributed by atoms with Crippen molar-refractivity contribution < 1.29 is 0 Å². The molecule has 0 aliphatic heterocycles. The van der Waals surface area contributed by atoms with Crippen LogP contribution in [-0.4, -0.2) is 26.1 Å². The number of nitrogen functional groups attached to an aromatic ring is 1. The summed E-state index contributed by atoms with van der Waals surface area (Å²) in [5.41, 5.74) is 2.45. The fraction of sp³-hybridized carbons (Fsp3) is 0.300. The number of nitrogens with one attached hydrogen (secondary N) is 2. The number of nitrogens with zero attached hydrogens (tertiary/aromatic N) is 4. The normalized spacial score (nSPS) is 10.2. The maximum absolute atomic E-state index is 5.25. The molecule has 0 saturated heterocycles. The highest BCUT2D eigenvalue weighted by Crippen LogP contribution is 2.05. The summed E-state index contributed by atoms with van der Waals surface area (Å²) in [4.78, 5) is 12.4. The molecule has 0 aliphatic carbocycles. The molecule has 0 unspecified atom stereocenters. The zero-order valence-electron chi connectivity index (χ0n) is 9.59. The van der Waals surface area contributed by atoms with Crippen LogP contribution < -0.4 is 16.6 Å². The van der Waals surface area contributed by atoms with E-state index in [4.69, 9.17) is 5.84 Å². The summed E-state index contributed by atoms with van der Waals surface area (Å²) in [6, 6.07) is 0. The van der Waals surface area contributed by atoms with Gasteiger partial charge in [0.1, 0.15) is 11.6 Å². The van der Waals surface area contributed by atoms with Gasteiger partial charge in [-0.2, -0.15) is 0 Å².